The smallest absolute Gasteiger partial charge is 0.356 e. The molecule has 1 amide bonds. The predicted molar refractivity (Wildman–Crippen MR) is 90.9 cm³/mol. The number of halogens is 3. The van der Waals surface area contributed by atoms with E-state index in [4.69, 9.17) is 0 Å². The van der Waals surface area contributed by atoms with Crippen molar-refractivity contribution in [3.63, 3.8) is 0 Å². The summed E-state index contributed by atoms with van der Waals surface area (Å²) in [6, 6.07) is 8.27. The van der Waals surface area contributed by atoms with Gasteiger partial charge in [0.15, 0.2) is 0 Å². The third kappa shape index (κ3) is 4.30. The molecule has 2 heterocycles. The first kappa shape index (κ1) is 18.2. The van der Waals surface area contributed by atoms with Crippen LogP contribution in [0.5, 0.6) is 0 Å². The number of aryl methyl sites for hydroxylation is 1. The lowest BCUT2D eigenvalue weighted by Gasteiger charge is -2.33. The van der Waals surface area contributed by atoms with Gasteiger partial charge in [-0.25, -0.2) is 9.97 Å². The predicted octanol–water partition coefficient (Wildman–Crippen LogP) is 3.20. The summed E-state index contributed by atoms with van der Waals surface area (Å²) in [6.07, 6.45) is -2.27. The molecule has 2 aromatic rings. The number of nitrogens with one attached hydrogen (secondary N) is 1. The van der Waals surface area contributed by atoms with Crippen LogP contribution >= 0.6 is 0 Å². The van der Waals surface area contributed by atoms with Crippen molar-refractivity contribution in [2.24, 2.45) is 0 Å². The zero-order chi connectivity index (χ0) is 18.7. The van der Waals surface area contributed by atoms with E-state index in [0.717, 1.165) is 18.0 Å². The summed E-state index contributed by atoms with van der Waals surface area (Å²) in [4.78, 5) is 21.3. The lowest BCUT2D eigenvalue weighted by molar-refractivity contribution is -0.141. The molecular weight excluding hydrogens is 345 g/mol. The summed E-state index contributed by atoms with van der Waals surface area (Å²) in [7, 11) is 0. The summed E-state index contributed by atoms with van der Waals surface area (Å²) >= 11 is 0. The number of piperidine rings is 1. The highest BCUT2D eigenvalue weighted by molar-refractivity contribution is 5.94. The highest BCUT2D eigenvalue weighted by Gasteiger charge is 2.33. The Morgan fingerprint density at radius 2 is 1.81 bits per heavy atom. The van der Waals surface area contributed by atoms with Gasteiger partial charge in [0.2, 0.25) is 0 Å². The number of amides is 1. The van der Waals surface area contributed by atoms with Crippen LogP contribution in [0.1, 0.15) is 34.5 Å². The lowest BCUT2D eigenvalue weighted by Crippen LogP contribution is -2.45. The van der Waals surface area contributed by atoms with Crippen LogP contribution < -0.4 is 10.2 Å². The minimum absolute atomic E-state index is 0.0102. The Kier molecular flexibility index (Phi) is 5.11. The summed E-state index contributed by atoms with van der Waals surface area (Å²) in [5, 5.41) is 2.98. The molecule has 5 nitrogen and oxygen atoms in total. The van der Waals surface area contributed by atoms with Gasteiger partial charge in [0, 0.05) is 30.8 Å². The van der Waals surface area contributed by atoms with Crippen LogP contribution in [-0.4, -0.2) is 35.0 Å². The SMILES string of the molecule is Cc1ccc(C(=O)NC2CCN(c3cc(C(F)(F)F)ncn3)CC2)cc1. The summed E-state index contributed by atoms with van der Waals surface area (Å²) in [6.45, 7) is 3.00. The second-order valence-corrected chi connectivity index (χ2v) is 6.36. The molecule has 26 heavy (non-hydrogen) atoms. The van der Waals surface area contributed by atoms with E-state index >= 15 is 0 Å². The third-order valence-electron chi connectivity index (χ3n) is 4.41. The van der Waals surface area contributed by atoms with Gasteiger partial charge >= 0.3 is 6.18 Å². The van der Waals surface area contributed by atoms with Crippen molar-refractivity contribution in [2.75, 3.05) is 18.0 Å². The van der Waals surface area contributed by atoms with Gasteiger partial charge in [-0.2, -0.15) is 13.2 Å². The maximum atomic E-state index is 12.8. The highest BCUT2D eigenvalue weighted by Crippen LogP contribution is 2.29. The molecule has 1 saturated heterocycles. The van der Waals surface area contributed by atoms with Crippen molar-refractivity contribution >= 4 is 11.7 Å². The number of carbonyl (C=O) groups is 1. The van der Waals surface area contributed by atoms with Gasteiger partial charge in [-0.3, -0.25) is 4.79 Å². The zero-order valence-electron chi connectivity index (χ0n) is 14.3. The zero-order valence-corrected chi connectivity index (χ0v) is 14.3. The van der Waals surface area contributed by atoms with Crippen LogP contribution in [0.15, 0.2) is 36.7 Å². The van der Waals surface area contributed by atoms with Crippen LogP contribution in [0.25, 0.3) is 0 Å². The molecule has 0 spiro atoms. The van der Waals surface area contributed by atoms with E-state index in [9.17, 15) is 18.0 Å². The second-order valence-electron chi connectivity index (χ2n) is 6.36. The van der Waals surface area contributed by atoms with Crippen LogP contribution in [-0.2, 0) is 6.18 Å². The van der Waals surface area contributed by atoms with Crippen LogP contribution in [0.4, 0.5) is 19.0 Å². The number of aromatic nitrogens is 2. The first-order valence-corrected chi connectivity index (χ1v) is 8.34. The maximum absolute atomic E-state index is 12.8. The Balaban J connectivity index is 1.57. The summed E-state index contributed by atoms with van der Waals surface area (Å²) < 4.78 is 38.3. The van der Waals surface area contributed by atoms with Crippen molar-refractivity contribution in [1.29, 1.82) is 0 Å². The molecule has 138 valence electrons. The fourth-order valence-corrected chi connectivity index (χ4v) is 2.90. The fraction of sp³-hybridized carbons (Fsp3) is 0.389. The molecule has 3 rings (SSSR count). The molecule has 1 N–H and O–H groups in total. The van der Waals surface area contributed by atoms with Crippen molar-refractivity contribution in [1.82, 2.24) is 15.3 Å². The number of benzene rings is 1. The third-order valence-corrected chi connectivity index (χ3v) is 4.41. The highest BCUT2D eigenvalue weighted by atomic mass is 19.4. The molecule has 0 saturated carbocycles. The molecule has 0 aliphatic carbocycles. The molecule has 8 heteroatoms. The van der Waals surface area contributed by atoms with E-state index in [1.165, 1.54) is 0 Å². The Hall–Kier alpha value is -2.64. The molecule has 0 unspecified atom stereocenters. The molecule has 1 fully saturated rings. The molecule has 1 aliphatic rings. The first-order chi connectivity index (χ1) is 12.3. The topological polar surface area (TPSA) is 58.1 Å². The Bertz CT molecular complexity index is 769. The molecule has 0 bridgehead atoms. The average Bonchev–Trinajstić information content (AvgIpc) is 2.62. The molecule has 1 aliphatic heterocycles. The van der Waals surface area contributed by atoms with Crippen molar-refractivity contribution in [2.45, 2.75) is 32.0 Å². The number of anilines is 1. The van der Waals surface area contributed by atoms with Crippen LogP contribution in [0.2, 0.25) is 0 Å². The Morgan fingerprint density at radius 3 is 2.42 bits per heavy atom. The Morgan fingerprint density at radius 1 is 1.15 bits per heavy atom. The maximum Gasteiger partial charge on any atom is 0.433 e. The minimum Gasteiger partial charge on any atom is -0.356 e. The van der Waals surface area contributed by atoms with Gasteiger partial charge in [-0.05, 0) is 31.9 Å². The van der Waals surface area contributed by atoms with Crippen molar-refractivity contribution in [3.05, 3.63) is 53.5 Å². The van der Waals surface area contributed by atoms with Gasteiger partial charge < -0.3 is 10.2 Å². The van der Waals surface area contributed by atoms with Crippen LogP contribution in [0.3, 0.4) is 0 Å². The number of nitrogens with zero attached hydrogens (tertiary/aromatic N) is 3. The number of carbonyl (C=O) groups excluding carboxylic acids is 1. The Labute approximate surface area is 149 Å². The van der Waals surface area contributed by atoms with E-state index < -0.39 is 11.9 Å². The standard InChI is InChI=1S/C18H19F3N4O/c1-12-2-4-13(5-3-12)17(26)24-14-6-8-25(9-7-14)16-10-15(18(19,20)21)22-11-23-16/h2-5,10-11,14H,6-9H2,1H3,(H,24,26). The van der Waals surface area contributed by atoms with E-state index in [1.54, 1.807) is 17.0 Å². The van der Waals surface area contributed by atoms with E-state index in [1.807, 2.05) is 19.1 Å². The fourth-order valence-electron chi connectivity index (χ4n) is 2.90. The molecule has 0 atom stereocenters. The second kappa shape index (κ2) is 7.31. The van der Waals surface area contributed by atoms with Crippen molar-refractivity contribution < 1.29 is 18.0 Å². The first-order valence-electron chi connectivity index (χ1n) is 8.34. The van der Waals surface area contributed by atoms with Gasteiger partial charge in [-0.15, -0.1) is 0 Å². The van der Waals surface area contributed by atoms with E-state index in [2.05, 4.69) is 15.3 Å². The van der Waals surface area contributed by atoms with E-state index in [0.29, 0.717) is 31.5 Å². The monoisotopic (exact) mass is 364 g/mol. The van der Waals surface area contributed by atoms with E-state index in [-0.39, 0.29) is 17.8 Å². The molecule has 1 aromatic heterocycles. The number of hydrogen-bond donors (Lipinski definition) is 1. The number of rotatable bonds is 3. The van der Waals surface area contributed by atoms with Gasteiger partial charge in [0.1, 0.15) is 17.8 Å². The molecular formula is C18H19F3N4O. The van der Waals surface area contributed by atoms with Gasteiger partial charge in [0.25, 0.3) is 5.91 Å². The largest absolute Gasteiger partial charge is 0.433 e. The van der Waals surface area contributed by atoms with Gasteiger partial charge in [-0.1, -0.05) is 17.7 Å². The minimum atomic E-state index is -4.49. The normalized spacial score (nSPS) is 15.8. The quantitative estimate of drug-likeness (QED) is 0.909. The number of hydrogen-bond acceptors (Lipinski definition) is 4. The average molecular weight is 364 g/mol. The van der Waals surface area contributed by atoms with Crippen molar-refractivity contribution in [3.8, 4) is 0 Å². The summed E-state index contributed by atoms with van der Waals surface area (Å²) in [5.41, 5.74) is 0.735. The summed E-state index contributed by atoms with van der Waals surface area (Å²) in [5.74, 6) is 0.125. The number of alkyl halides is 3. The van der Waals surface area contributed by atoms with Gasteiger partial charge in [0.05, 0.1) is 0 Å². The lowest BCUT2D eigenvalue weighted by atomic mass is 10.0. The molecule has 1 aromatic carbocycles. The molecule has 0 radical (unpaired) electrons. The van der Waals surface area contributed by atoms with Crippen LogP contribution in [0, 0.1) is 6.92 Å².